The molecule has 0 radical (unpaired) electrons. The van der Waals surface area contributed by atoms with E-state index < -0.39 is 0 Å². The highest BCUT2D eigenvalue weighted by atomic mass is 15.0. The lowest BCUT2D eigenvalue weighted by Crippen LogP contribution is -2.42. The summed E-state index contributed by atoms with van der Waals surface area (Å²) in [6, 6.07) is 37.0. The van der Waals surface area contributed by atoms with Crippen molar-refractivity contribution < 1.29 is 0 Å². The molecule has 2 aliphatic carbocycles. The predicted molar refractivity (Wildman–Crippen MR) is 194 cm³/mol. The highest BCUT2D eigenvalue weighted by Gasteiger charge is 2.45. The fraction of sp³-hybridized carbons (Fsp3) is 0.256. The number of nitrogens with zero attached hydrogens (tertiary/aromatic N) is 6. The van der Waals surface area contributed by atoms with Gasteiger partial charge in [0, 0.05) is 29.1 Å². The van der Waals surface area contributed by atoms with Gasteiger partial charge in [0.2, 0.25) is 0 Å². The van der Waals surface area contributed by atoms with Gasteiger partial charge in [0.15, 0.2) is 17.5 Å². The predicted octanol–water partition coefficient (Wildman–Crippen LogP) is 9.97. The van der Waals surface area contributed by atoms with Gasteiger partial charge >= 0.3 is 0 Å². The summed E-state index contributed by atoms with van der Waals surface area (Å²) in [7, 11) is 0. The Bertz CT molecular complexity index is 2100. The van der Waals surface area contributed by atoms with Crippen molar-refractivity contribution in [3.8, 4) is 62.7 Å². The Kier molecular flexibility index (Phi) is 8.05. The maximum atomic E-state index is 9.32. The van der Waals surface area contributed by atoms with Crippen LogP contribution in [-0.4, -0.2) is 24.9 Å². The van der Waals surface area contributed by atoms with Crippen LogP contribution in [0.2, 0.25) is 0 Å². The molecule has 6 aromatic rings. The first-order chi connectivity index (χ1) is 23.9. The van der Waals surface area contributed by atoms with Gasteiger partial charge < -0.3 is 0 Å². The average Bonchev–Trinajstić information content (AvgIpc) is 3.14. The van der Waals surface area contributed by atoms with E-state index in [-0.39, 0.29) is 0 Å². The monoisotopic (exact) mass is 638 g/mol. The molecule has 0 aliphatic heterocycles. The molecule has 240 valence electrons. The zero-order valence-corrected chi connectivity index (χ0v) is 27.9. The van der Waals surface area contributed by atoms with Crippen molar-refractivity contribution in [2.45, 2.75) is 51.4 Å². The maximum Gasteiger partial charge on any atom is 0.165 e. The summed E-state index contributed by atoms with van der Waals surface area (Å²) >= 11 is 0. The number of rotatable bonds is 6. The van der Waals surface area contributed by atoms with Gasteiger partial charge in [-0.2, -0.15) is 5.26 Å². The largest absolute Gasteiger partial charge is 0.255 e. The summed E-state index contributed by atoms with van der Waals surface area (Å²) in [5, 5.41) is 9.32. The standard InChI is InChI=1S/C43H38N6/c1-28-21-31-22-29(2)24-43(23-28,25-31)37-17-14-33(15-18-37)32-10-12-35(13-11-32)41-47-40(34-8-6-30(26-44)7-9-34)48-42(49-41)36-16-19-39(46-27-36)38-5-3-4-20-45-38/h3-20,27-29,31H,21-25H2,1-2H3/t28-,29+,31-,43?. The molecule has 2 aliphatic rings. The Morgan fingerprint density at radius 2 is 1.10 bits per heavy atom. The van der Waals surface area contributed by atoms with Crippen molar-refractivity contribution in [2.75, 3.05) is 0 Å². The van der Waals surface area contributed by atoms with Crippen molar-refractivity contribution in [2.24, 2.45) is 17.8 Å². The molecule has 49 heavy (non-hydrogen) atoms. The molecule has 4 atom stereocenters. The van der Waals surface area contributed by atoms with Crippen LogP contribution in [0.3, 0.4) is 0 Å². The normalized spacial score (nSPS) is 21.5. The van der Waals surface area contributed by atoms with Gasteiger partial charge in [-0.15, -0.1) is 0 Å². The second-order valence-corrected chi connectivity index (χ2v) is 14.2. The van der Waals surface area contributed by atoms with Crippen LogP contribution in [0.4, 0.5) is 0 Å². The van der Waals surface area contributed by atoms with Crippen molar-refractivity contribution in [1.82, 2.24) is 24.9 Å². The highest BCUT2D eigenvalue weighted by molar-refractivity contribution is 5.71. The molecule has 0 amide bonds. The van der Waals surface area contributed by atoms with E-state index in [1.807, 2.05) is 42.5 Å². The summed E-state index contributed by atoms with van der Waals surface area (Å²) in [6.45, 7) is 4.90. The van der Waals surface area contributed by atoms with Crippen LogP contribution in [0.15, 0.2) is 116 Å². The van der Waals surface area contributed by atoms with Crippen molar-refractivity contribution in [3.05, 3.63) is 127 Å². The van der Waals surface area contributed by atoms with Crippen LogP contribution in [0.25, 0.3) is 56.7 Å². The first-order valence-electron chi connectivity index (χ1n) is 17.3. The Morgan fingerprint density at radius 3 is 1.65 bits per heavy atom. The minimum absolute atomic E-state index is 0.333. The van der Waals surface area contributed by atoms with Crippen molar-refractivity contribution in [3.63, 3.8) is 0 Å². The molecular weight excluding hydrogens is 601 g/mol. The zero-order valence-electron chi connectivity index (χ0n) is 27.9. The van der Waals surface area contributed by atoms with Gasteiger partial charge in [-0.25, -0.2) is 15.0 Å². The van der Waals surface area contributed by atoms with Crippen LogP contribution >= 0.6 is 0 Å². The Morgan fingerprint density at radius 1 is 0.571 bits per heavy atom. The first kappa shape index (κ1) is 30.8. The maximum absolute atomic E-state index is 9.32. The van der Waals surface area contributed by atoms with Gasteiger partial charge in [-0.05, 0) is 120 Å². The van der Waals surface area contributed by atoms with Crippen LogP contribution in [-0.2, 0) is 5.41 Å². The zero-order chi connectivity index (χ0) is 33.4. The second-order valence-electron chi connectivity index (χ2n) is 14.2. The number of aromatic nitrogens is 5. The fourth-order valence-corrected chi connectivity index (χ4v) is 8.53. The highest BCUT2D eigenvalue weighted by Crippen LogP contribution is 2.54. The molecule has 3 aromatic carbocycles. The van der Waals surface area contributed by atoms with E-state index in [4.69, 9.17) is 15.0 Å². The van der Waals surface area contributed by atoms with Gasteiger partial charge in [0.25, 0.3) is 0 Å². The smallest absolute Gasteiger partial charge is 0.165 e. The third-order valence-corrected chi connectivity index (χ3v) is 10.5. The van der Waals surface area contributed by atoms with E-state index in [1.54, 1.807) is 24.5 Å². The minimum atomic E-state index is 0.333. The summed E-state index contributed by atoms with van der Waals surface area (Å²) < 4.78 is 0. The molecular formula is C43H38N6. The molecule has 1 unspecified atom stereocenters. The third-order valence-electron chi connectivity index (χ3n) is 10.5. The molecule has 6 heteroatoms. The first-order valence-corrected chi connectivity index (χ1v) is 17.3. The number of benzene rings is 3. The van der Waals surface area contributed by atoms with E-state index >= 15 is 0 Å². The molecule has 8 rings (SSSR count). The third kappa shape index (κ3) is 6.25. The molecule has 0 saturated heterocycles. The molecule has 2 bridgehead atoms. The summed E-state index contributed by atoms with van der Waals surface area (Å²) in [5.74, 6) is 4.11. The van der Waals surface area contributed by atoms with Gasteiger partial charge in [-0.1, -0.05) is 68.4 Å². The second kappa shape index (κ2) is 12.8. The number of nitriles is 1. The van der Waals surface area contributed by atoms with Gasteiger partial charge in [0.05, 0.1) is 23.0 Å². The molecule has 3 heterocycles. The Labute approximate surface area is 288 Å². The van der Waals surface area contributed by atoms with Gasteiger partial charge in [0.1, 0.15) is 0 Å². The number of fused-ring (bicyclic) bond motifs is 2. The number of hydrogen-bond acceptors (Lipinski definition) is 6. The SMILES string of the molecule is C[C@@H]1C[C@@H]2C[C@H](C)CC(c3ccc(-c4ccc(-c5nc(-c6ccc(C#N)cc6)nc(-c6ccc(-c7ccccn7)nc6)n5)cc4)cc3)(C1)C2. The summed E-state index contributed by atoms with van der Waals surface area (Å²) in [5.41, 5.74) is 8.88. The van der Waals surface area contributed by atoms with E-state index in [9.17, 15) is 5.26 Å². The van der Waals surface area contributed by atoms with E-state index in [1.165, 1.54) is 43.2 Å². The Balaban J connectivity index is 1.10. The van der Waals surface area contributed by atoms with E-state index in [0.717, 1.165) is 51.4 Å². The van der Waals surface area contributed by atoms with Gasteiger partial charge in [-0.3, -0.25) is 9.97 Å². The fourth-order valence-electron chi connectivity index (χ4n) is 8.53. The topological polar surface area (TPSA) is 88.2 Å². The lowest BCUT2D eigenvalue weighted by molar-refractivity contribution is 0.0780. The lowest BCUT2D eigenvalue weighted by atomic mass is 9.54. The number of pyridine rings is 2. The van der Waals surface area contributed by atoms with Crippen LogP contribution < -0.4 is 0 Å². The van der Waals surface area contributed by atoms with Crippen LogP contribution in [0.1, 0.15) is 57.1 Å². The molecule has 2 saturated carbocycles. The van der Waals surface area contributed by atoms with Crippen molar-refractivity contribution in [1.29, 1.82) is 5.26 Å². The summed E-state index contributed by atoms with van der Waals surface area (Å²) in [6.07, 6.45) is 10.3. The quantitative estimate of drug-likeness (QED) is 0.180. The van der Waals surface area contributed by atoms with E-state index in [0.29, 0.717) is 28.5 Å². The van der Waals surface area contributed by atoms with E-state index in [2.05, 4.69) is 78.4 Å². The summed E-state index contributed by atoms with van der Waals surface area (Å²) in [4.78, 5) is 23.7. The minimum Gasteiger partial charge on any atom is -0.255 e. The van der Waals surface area contributed by atoms with Crippen LogP contribution in [0.5, 0.6) is 0 Å². The average molecular weight is 639 g/mol. The molecule has 0 N–H and O–H groups in total. The molecule has 3 aromatic heterocycles. The molecule has 2 fully saturated rings. The molecule has 6 nitrogen and oxygen atoms in total. The van der Waals surface area contributed by atoms with Crippen molar-refractivity contribution >= 4 is 0 Å². The Hall–Kier alpha value is -5.54. The number of hydrogen-bond donors (Lipinski definition) is 0. The molecule has 0 spiro atoms. The van der Waals surface area contributed by atoms with Crippen LogP contribution in [0, 0.1) is 29.1 Å². The lowest BCUT2D eigenvalue weighted by Gasteiger charge is -2.50.